The molecule has 0 spiro atoms. The molecule has 5 nitrogen and oxygen atoms in total. The summed E-state index contributed by atoms with van der Waals surface area (Å²) in [5.74, 6) is 9.94. The van der Waals surface area contributed by atoms with Crippen molar-refractivity contribution in [3.05, 3.63) is 0 Å². The first kappa shape index (κ1) is 23.9. The molecule has 0 bridgehead atoms. The molecule has 2 aliphatic carbocycles. The van der Waals surface area contributed by atoms with E-state index >= 15 is 0 Å². The number of amides is 1. The number of piperidine rings is 1. The maximum atomic E-state index is 13.0. The maximum absolute atomic E-state index is 13.0. The summed E-state index contributed by atoms with van der Waals surface area (Å²) in [6, 6.07) is 0.0953. The fourth-order valence-corrected chi connectivity index (χ4v) is 6.98. The fraction of sp³-hybridized carbons (Fsp3) is 0.889. The van der Waals surface area contributed by atoms with Crippen LogP contribution in [0, 0.1) is 41.4 Å². The Bertz CT molecular complexity index is 734. The van der Waals surface area contributed by atoms with Crippen molar-refractivity contribution in [2.75, 3.05) is 7.11 Å². The third kappa shape index (κ3) is 4.82. The summed E-state index contributed by atoms with van der Waals surface area (Å²) in [6.07, 6.45) is 9.32. The second-order valence-electron chi connectivity index (χ2n) is 11.6. The average molecular weight is 446 g/mol. The summed E-state index contributed by atoms with van der Waals surface area (Å²) in [5, 5.41) is 0. The maximum Gasteiger partial charge on any atom is 0.411 e. The van der Waals surface area contributed by atoms with E-state index < -0.39 is 5.60 Å². The van der Waals surface area contributed by atoms with Crippen molar-refractivity contribution in [2.24, 2.45) is 29.6 Å². The molecule has 4 fully saturated rings. The monoisotopic (exact) mass is 445 g/mol. The van der Waals surface area contributed by atoms with Gasteiger partial charge in [0, 0.05) is 30.9 Å². The molecule has 32 heavy (non-hydrogen) atoms. The zero-order chi connectivity index (χ0) is 23.0. The van der Waals surface area contributed by atoms with E-state index in [0.29, 0.717) is 23.7 Å². The predicted octanol–water partition coefficient (Wildman–Crippen LogP) is 5.62. The lowest BCUT2D eigenvalue weighted by Gasteiger charge is -2.46. The number of likely N-dealkylation sites (tertiary alicyclic amines) is 1. The first-order valence-electron chi connectivity index (χ1n) is 12.9. The highest BCUT2D eigenvalue weighted by atomic mass is 16.7. The van der Waals surface area contributed by atoms with Crippen molar-refractivity contribution in [3.8, 4) is 11.8 Å². The molecule has 1 unspecified atom stereocenters. The van der Waals surface area contributed by atoms with E-state index in [9.17, 15) is 4.79 Å². The molecule has 2 heterocycles. The second kappa shape index (κ2) is 9.55. The summed E-state index contributed by atoms with van der Waals surface area (Å²) in [6.45, 7) is 10.1. The minimum Gasteiger partial charge on any atom is -0.444 e. The topological polar surface area (TPSA) is 48.0 Å². The number of hydrogen-bond acceptors (Lipinski definition) is 4. The summed E-state index contributed by atoms with van der Waals surface area (Å²) in [5.41, 5.74) is -0.496. The van der Waals surface area contributed by atoms with Gasteiger partial charge in [0.1, 0.15) is 5.60 Å². The highest BCUT2D eigenvalue weighted by molar-refractivity contribution is 5.69. The summed E-state index contributed by atoms with van der Waals surface area (Å²) in [7, 11) is 1.77. The molecule has 0 aromatic carbocycles. The van der Waals surface area contributed by atoms with E-state index in [2.05, 4.69) is 25.7 Å². The Morgan fingerprint density at radius 2 is 1.75 bits per heavy atom. The Balaban J connectivity index is 1.60. The third-order valence-corrected chi connectivity index (χ3v) is 8.32. The van der Waals surface area contributed by atoms with Crippen LogP contribution in [-0.2, 0) is 14.2 Å². The SMILES string of the molecule is COC1O[C@@H](C)[C@@H]2[C@H](C#C[C@H]3CCC[C@H](C)N3C(=O)OC(C)(C)C)[C@H]3CCCC[C@@H]3C[C@H]12. The molecule has 9 atom stereocenters. The predicted molar refractivity (Wildman–Crippen MR) is 125 cm³/mol. The number of hydrogen-bond donors (Lipinski definition) is 0. The molecule has 180 valence electrons. The third-order valence-electron chi connectivity index (χ3n) is 8.32. The van der Waals surface area contributed by atoms with Crippen LogP contribution in [0.15, 0.2) is 0 Å². The van der Waals surface area contributed by atoms with Crippen molar-refractivity contribution in [1.29, 1.82) is 0 Å². The minimum absolute atomic E-state index is 0.0631. The standard InChI is InChI=1S/C27H43NO4/c1-17-10-9-12-20(28(17)26(29)32-27(3,4)5)14-15-22-21-13-8-7-11-19(21)16-23-24(22)18(2)31-25(23)30-6/h17-25H,7-13,16H2,1-6H3/t17-,18-,19+,20+,21-,22+,23-,24+,25?/m0/s1. The van der Waals surface area contributed by atoms with E-state index in [-0.39, 0.29) is 30.6 Å². The van der Waals surface area contributed by atoms with Gasteiger partial charge in [-0.25, -0.2) is 4.79 Å². The minimum atomic E-state index is -0.496. The fourth-order valence-electron chi connectivity index (χ4n) is 6.98. The summed E-state index contributed by atoms with van der Waals surface area (Å²) >= 11 is 0. The van der Waals surface area contributed by atoms with Gasteiger partial charge in [-0.3, -0.25) is 4.90 Å². The van der Waals surface area contributed by atoms with E-state index in [1.165, 1.54) is 32.1 Å². The zero-order valence-corrected chi connectivity index (χ0v) is 20.9. The van der Waals surface area contributed by atoms with Crippen molar-refractivity contribution >= 4 is 6.09 Å². The molecule has 4 aliphatic rings. The van der Waals surface area contributed by atoms with Gasteiger partial charge in [0.05, 0.1) is 12.1 Å². The van der Waals surface area contributed by atoms with Gasteiger partial charge in [0.15, 0.2) is 6.29 Å². The molecule has 0 N–H and O–H groups in total. The Morgan fingerprint density at radius 3 is 2.47 bits per heavy atom. The van der Waals surface area contributed by atoms with Crippen LogP contribution in [0.4, 0.5) is 4.79 Å². The first-order chi connectivity index (χ1) is 15.2. The Morgan fingerprint density at radius 1 is 1.00 bits per heavy atom. The lowest BCUT2D eigenvalue weighted by atomic mass is 9.57. The molecule has 4 rings (SSSR count). The molecule has 5 heteroatoms. The van der Waals surface area contributed by atoms with Gasteiger partial charge >= 0.3 is 6.09 Å². The summed E-state index contributed by atoms with van der Waals surface area (Å²) < 4.78 is 17.7. The van der Waals surface area contributed by atoms with Crippen LogP contribution in [-0.4, -0.2) is 48.2 Å². The molecule has 1 amide bonds. The summed E-state index contributed by atoms with van der Waals surface area (Å²) in [4.78, 5) is 14.9. The molecule has 2 aliphatic heterocycles. The highest BCUT2D eigenvalue weighted by Gasteiger charge is 2.54. The quantitative estimate of drug-likeness (QED) is 0.492. The number of carbonyl (C=O) groups excluding carboxylic acids is 1. The zero-order valence-electron chi connectivity index (χ0n) is 20.9. The van der Waals surface area contributed by atoms with Gasteiger partial charge in [-0.1, -0.05) is 31.1 Å². The van der Waals surface area contributed by atoms with Crippen LogP contribution < -0.4 is 0 Å². The number of ether oxygens (including phenoxy) is 3. The van der Waals surface area contributed by atoms with Crippen molar-refractivity contribution in [3.63, 3.8) is 0 Å². The number of nitrogens with zero attached hydrogens (tertiary/aromatic N) is 1. The number of carbonyl (C=O) groups is 1. The van der Waals surface area contributed by atoms with Crippen LogP contribution in [0.5, 0.6) is 0 Å². The van der Waals surface area contributed by atoms with Gasteiger partial charge < -0.3 is 14.2 Å². The largest absolute Gasteiger partial charge is 0.444 e. The first-order valence-corrected chi connectivity index (χ1v) is 12.9. The number of fused-ring (bicyclic) bond motifs is 2. The lowest BCUT2D eigenvalue weighted by molar-refractivity contribution is -0.132. The molecule has 0 aromatic heterocycles. The highest BCUT2D eigenvalue weighted by Crippen LogP contribution is 2.54. The van der Waals surface area contributed by atoms with E-state index in [1.807, 2.05) is 25.7 Å². The number of rotatable bonds is 1. The van der Waals surface area contributed by atoms with E-state index in [0.717, 1.165) is 25.2 Å². The van der Waals surface area contributed by atoms with Crippen LogP contribution in [0.1, 0.15) is 86.0 Å². The molecular weight excluding hydrogens is 402 g/mol. The van der Waals surface area contributed by atoms with Gasteiger partial charge in [0.2, 0.25) is 0 Å². The Hall–Kier alpha value is -1.25. The van der Waals surface area contributed by atoms with Gasteiger partial charge in [0.25, 0.3) is 0 Å². The Kier molecular flexibility index (Phi) is 7.13. The van der Waals surface area contributed by atoms with Crippen LogP contribution in [0.3, 0.4) is 0 Å². The smallest absolute Gasteiger partial charge is 0.411 e. The molecule has 2 saturated heterocycles. The van der Waals surface area contributed by atoms with Crippen LogP contribution in [0.2, 0.25) is 0 Å². The van der Waals surface area contributed by atoms with Gasteiger partial charge in [-0.2, -0.15) is 0 Å². The van der Waals surface area contributed by atoms with Crippen molar-refractivity contribution in [2.45, 2.75) is 116 Å². The van der Waals surface area contributed by atoms with Crippen molar-refractivity contribution < 1.29 is 19.0 Å². The molecular formula is C27H43NO4. The molecule has 0 radical (unpaired) electrons. The normalized spacial score (nSPS) is 41.8. The second-order valence-corrected chi connectivity index (χ2v) is 11.6. The van der Waals surface area contributed by atoms with Crippen LogP contribution >= 0.6 is 0 Å². The van der Waals surface area contributed by atoms with Crippen LogP contribution in [0.25, 0.3) is 0 Å². The Labute approximate surface area is 194 Å². The van der Waals surface area contributed by atoms with E-state index in [4.69, 9.17) is 14.2 Å². The van der Waals surface area contributed by atoms with Gasteiger partial charge in [-0.15, -0.1) is 0 Å². The average Bonchev–Trinajstić information content (AvgIpc) is 3.05. The van der Waals surface area contributed by atoms with Gasteiger partial charge in [-0.05, 0) is 78.6 Å². The number of methoxy groups -OCH3 is 1. The van der Waals surface area contributed by atoms with E-state index in [1.54, 1.807) is 7.11 Å². The molecule has 2 saturated carbocycles. The lowest BCUT2D eigenvalue weighted by Crippen LogP contribution is -2.50. The van der Waals surface area contributed by atoms with Crippen molar-refractivity contribution in [1.82, 2.24) is 4.90 Å². The molecule has 0 aromatic rings.